The predicted molar refractivity (Wildman–Crippen MR) is 204 cm³/mol. The molecule has 0 unspecified atom stereocenters. The van der Waals surface area contributed by atoms with Gasteiger partial charge in [0.05, 0.1) is 0 Å². The second kappa shape index (κ2) is 26.8. The number of aryl methyl sites for hydroxylation is 1. The van der Waals surface area contributed by atoms with Crippen molar-refractivity contribution in [3.05, 3.63) is 34.6 Å². The summed E-state index contributed by atoms with van der Waals surface area (Å²) in [5.41, 5.74) is 1.44. The molecule has 0 bridgehead atoms. The van der Waals surface area contributed by atoms with Crippen LogP contribution in [-0.4, -0.2) is 21.5 Å². The molecule has 0 aromatic carbocycles. The monoisotopic (exact) mass is 668 g/mol. The molecule has 0 aliphatic carbocycles. The Balaban J connectivity index is 1.81. The molecular formula is C41H69N3O2S. The fourth-order valence-electron chi connectivity index (χ4n) is 6.60. The minimum absolute atomic E-state index is 0.165. The van der Waals surface area contributed by atoms with Gasteiger partial charge in [0.15, 0.2) is 5.65 Å². The Hall–Kier alpha value is -2.08. The molecule has 0 saturated carbocycles. The van der Waals surface area contributed by atoms with Crippen LogP contribution in [0.4, 0.5) is 0 Å². The average molecular weight is 668 g/mol. The number of nitrogens with zero attached hydrogens (tertiary/aromatic N) is 3. The van der Waals surface area contributed by atoms with E-state index in [-0.39, 0.29) is 11.8 Å². The van der Waals surface area contributed by atoms with Crippen LogP contribution in [0.3, 0.4) is 0 Å². The Kier molecular flexibility index (Phi) is 23.5. The van der Waals surface area contributed by atoms with Crippen molar-refractivity contribution in [1.29, 1.82) is 0 Å². The van der Waals surface area contributed by atoms with Gasteiger partial charge in [-0.15, -0.1) is 0 Å². The van der Waals surface area contributed by atoms with Gasteiger partial charge in [-0.3, -0.25) is 9.59 Å². The molecule has 0 saturated heterocycles. The highest BCUT2D eigenvalue weighted by Crippen LogP contribution is 2.20. The first-order valence-corrected chi connectivity index (χ1v) is 20.3. The highest BCUT2D eigenvalue weighted by Gasteiger charge is 2.25. The molecule has 47 heavy (non-hydrogen) atoms. The molecule has 2 rings (SSSR count). The molecule has 2 aromatic rings. The topological polar surface area (TPSA) is 55.2 Å². The number of pyridine rings is 2. The Labute approximate surface area is 293 Å². The molecule has 0 atom stereocenters. The number of carbonyl (C=O) groups is 2. The van der Waals surface area contributed by atoms with Crippen LogP contribution < -0.4 is 5.01 Å². The molecule has 0 spiro atoms. The summed E-state index contributed by atoms with van der Waals surface area (Å²) in [5.74, 6) is -0.331. The van der Waals surface area contributed by atoms with E-state index >= 15 is 0 Å². The van der Waals surface area contributed by atoms with E-state index in [1.807, 2.05) is 25.1 Å². The van der Waals surface area contributed by atoms with Crippen molar-refractivity contribution in [2.75, 3.05) is 5.01 Å². The zero-order valence-electron chi connectivity index (χ0n) is 30.7. The molecular weight excluding hydrogens is 599 g/mol. The van der Waals surface area contributed by atoms with E-state index in [0.717, 1.165) is 49.5 Å². The van der Waals surface area contributed by atoms with Gasteiger partial charge in [-0.05, 0) is 43.5 Å². The fourth-order valence-corrected chi connectivity index (χ4v) is 6.83. The molecule has 0 fully saturated rings. The lowest BCUT2D eigenvalue weighted by atomic mass is 10.0. The summed E-state index contributed by atoms with van der Waals surface area (Å²) in [6.07, 6.45) is 35.1. The highest BCUT2D eigenvalue weighted by molar-refractivity contribution is 7.71. The first-order chi connectivity index (χ1) is 23.0. The number of carbonyl (C=O) groups excluding carboxylic acids is 2. The molecule has 2 aromatic heterocycles. The quantitative estimate of drug-likeness (QED) is 0.0640. The van der Waals surface area contributed by atoms with E-state index < -0.39 is 0 Å². The van der Waals surface area contributed by atoms with E-state index in [2.05, 4.69) is 18.8 Å². The number of fused-ring (bicyclic) bond motifs is 1. The number of amides is 2. The number of unbranched alkanes of at least 4 members (excludes halogenated alkanes) is 24. The standard InChI is InChI=1S/C41H69N3O2S/c1-4-6-8-10-12-14-16-18-20-22-24-26-28-32-38(45)43(44-40-37(31-30-34-42-40)35-36(3)41(44)47)39(46)33-29-27-25-23-21-19-17-15-13-11-9-7-5-2/h30-31,34-35H,4-29,32-33H2,1-3H3. The maximum Gasteiger partial charge on any atom is 0.248 e. The van der Waals surface area contributed by atoms with Gasteiger partial charge in [0, 0.05) is 24.4 Å². The van der Waals surface area contributed by atoms with Gasteiger partial charge in [0.1, 0.15) is 4.64 Å². The van der Waals surface area contributed by atoms with Gasteiger partial charge >= 0.3 is 0 Å². The maximum absolute atomic E-state index is 13.7. The first-order valence-electron chi connectivity index (χ1n) is 19.8. The molecule has 0 radical (unpaired) electrons. The highest BCUT2D eigenvalue weighted by atomic mass is 32.1. The molecule has 6 heteroatoms. The van der Waals surface area contributed by atoms with Crippen LogP contribution in [0, 0.1) is 11.6 Å². The van der Waals surface area contributed by atoms with Crippen molar-refractivity contribution in [2.24, 2.45) is 0 Å². The Bertz CT molecular complexity index is 1130. The molecule has 0 N–H and O–H groups in total. The second-order valence-electron chi connectivity index (χ2n) is 13.9. The fraction of sp³-hybridized carbons (Fsp3) is 0.756. The minimum atomic E-state index is -0.165. The van der Waals surface area contributed by atoms with Gasteiger partial charge in [0.25, 0.3) is 0 Å². The molecule has 2 heterocycles. The van der Waals surface area contributed by atoms with Gasteiger partial charge in [-0.1, -0.05) is 180 Å². The van der Waals surface area contributed by atoms with E-state index in [0.29, 0.717) is 23.1 Å². The molecule has 0 aliphatic rings. The number of aromatic nitrogens is 2. The zero-order valence-corrected chi connectivity index (χ0v) is 31.5. The zero-order chi connectivity index (χ0) is 34.0. The van der Waals surface area contributed by atoms with Gasteiger partial charge in [-0.25, -0.2) is 9.66 Å². The lowest BCUT2D eigenvalue weighted by Crippen LogP contribution is -2.46. The van der Waals surface area contributed by atoms with E-state index in [4.69, 9.17) is 12.2 Å². The van der Waals surface area contributed by atoms with Crippen molar-refractivity contribution < 1.29 is 9.59 Å². The van der Waals surface area contributed by atoms with Gasteiger partial charge < -0.3 is 0 Å². The Morgan fingerprint density at radius 2 is 0.979 bits per heavy atom. The average Bonchev–Trinajstić information content (AvgIpc) is 3.07. The van der Waals surface area contributed by atoms with Crippen LogP contribution >= 0.6 is 12.2 Å². The van der Waals surface area contributed by atoms with Crippen molar-refractivity contribution >= 4 is 35.1 Å². The largest absolute Gasteiger partial charge is 0.273 e. The van der Waals surface area contributed by atoms with Crippen LogP contribution in [0.25, 0.3) is 11.0 Å². The Morgan fingerprint density at radius 1 is 0.617 bits per heavy atom. The van der Waals surface area contributed by atoms with Crippen LogP contribution in [0.1, 0.15) is 199 Å². The molecule has 2 amide bonds. The predicted octanol–water partition coefficient (Wildman–Crippen LogP) is 13.0. The Morgan fingerprint density at radius 3 is 1.36 bits per heavy atom. The second-order valence-corrected chi connectivity index (χ2v) is 14.3. The summed E-state index contributed by atoms with van der Waals surface area (Å²) in [7, 11) is 0. The van der Waals surface area contributed by atoms with E-state index in [1.54, 1.807) is 10.9 Å². The van der Waals surface area contributed by atoms with Crippen molar-refractivity contribution in [2.45, 2.75) is 201 Å². The lowest BCUT2D eigenvalue weighted by molar-refractivity contribution is -0.129. The third kappa shape index (κ3) is 17.2. The molecule has 266 valence electrons. The van der Waals surface area contributed by atoms with E-state index in [1.165, 1.54) is 133 Å². The SMILES string of the molecule is CCCCCCCCCCCCCCCC(=O)N(C(=O)CCCCCCCCCCCCCCC)n1c(=S)c(C)cc2cccnc21. The summed E-state index contributed by atoms with van der Waals surface area (Å²) in [6, 6.07) is 5.84. The van der Waals surface area contributed by atoms with Crippen LogP contribution in [0.5, 0.6) is 0 Å². The molecule has 5 nitrogen and oxygen atoms in total. The van der Waals surface area contributed by atoms with Gasteiger partial charge in [-0.2, -0.15) is 5.01 Å². The normalized spacial score (nSPS) is 11.4. The number of hydrogen-bond acceptors (Lipinski definition) is 4. The van der Waals surface area contributed by atoms with Crippen LogP contribution in [-0.2, 0) is 9.59 Å². The van der Waals surface area contributed by atoms with Crippen LogP contribution in [0.15, 0.2) is 24.4 Å². The summed E-state index contributed by atoms with van der Waals surface area (Å²) in [4.78, 5) is 32.0. The third-order valence-corrected chi connectivity index (χ3v) is 10.1. The van der Waals surface area contributed by atoms with Crippen molar-refractivity contribution in [1.82, 2.24) is 9.66 Å². The summed E-state index contributed by atoms with van der Waals surface area (Å²) >= 11 is 5.79. The number of rotatable bonds is 29. The third-order valence-electron chi connectivity index (χ3n) is 9.58. The first kappa shape index (κ1) is 41.1. The smallest absolute Gasteiger partial charge is 0.248 e. The lowest BCUT2D eigenvalue weighted by Gasteiger charge is -2.25. The van der Waals surface area contributed by atoms with Crippen molar-refractivity contribution in [3.8, 4) is 0 Å². The number of imide groups is 1. The minimum Gasteiger partial charge on any atom is -0.273 e. The van der Waals surface area contributed by atoms with Crippen molar-refractivity contribution in [3.63, 3.8) is 0 Å². The van der Waals surface area contributed by atoms with Crippen LogP contribution in [0.2, 0.25) is 0 Å². The summed E-state index contributed by atoms with van der Waals surface area (Å²) in [5, 5.41) is 2.22. The summed E-state index contributed by atoms with van der Waals surface area (Å²) in [6.45, 7) is 6.48. The summed E-state index contributed by atoms with van der Waals surface area (Å²) < 4.78 is 2.10. The van der Waals surface area contributed by atoms with E-state index in [9.17, 15) is 9.59 Å². The number of hydrogen-bond donors (Lipinski definition) is 0. The maximum atomic E-state index is 13.7. The molecule has 0 aliphatic heterocycles. The van der Waals surface area contributed by atoms with Gasteiger partial charge in [0.2, 0.25) is 11.8 Å².